The Hall–Kier alpha value is -3.00. The van der Waals surface area contributed by atoms with Crippen LogP contribution in [0.2, 0.25) is 10.0 Å². The highest BCUT2D eigenvalue weighted by Crippen LogP contribution is 2.46. The largest absolute Gasteiger partial charge is 0.507 e. The van der Waals surface area contributed by atoms with Gasteiger partial charge in [0.15, 0.2) is 0 Å². The number of anilines is 1. The third kappa shape index (κ3) is 4.19. The number of amides is 1. The summed E-state index contributed by atoms with van der Waals surface area (Å²) < 4.78 is 10.8. The van der Waals surface area contributed by atoms with Crippen molar-refractivity contribution in [3.8, 4) is 11.5 Å². The molecule has 9 heteroatoms. The Labute approximate surface area is 204 Å². The lowest BCUT2D eigenvalue weighted by Crippen LogP contribution is -2.29. The average molecular weight is 504 g/mol. The smallest absolute Gasteiger partial charge is 0.300 e. The number of Topliss-reactive ketones (excluding diaryl/α,β-unsaturated/α-hetero) is 1. The lowest BCUT2D eigenvalue weighted by Gasteiger charge is -2.24. The topological polar surface area (TPSA) is 76.1 Å². The van der Waals surface area contributed by atoms with Gasteiger partial charge in [0.05, 0.1) is 29.9 Å². The number of ketones is 1. The van der Waals surface area contributed by atoms with Crippen LogP contribution >= 0.6 is 34.5 Å². The van der Waals surface area contributed by atoms with Crippen molar-refractivity contribution in [2.75, 3.05) is 18.6 Å². The van der Waals surface area contributed by atoms with E-state index in [-0.39, 0.29) is 26.9 Å². The monoisotopic (exact) mass is 503 g/mol. The minimum absolute atomic E-state index is 0.0760. The number of methoxy groups -OCH3 is 1. The lowest BCUT2D eigenvalue weighted by atomic mass is 9.99. The molecule has 170 valence electrons. The summed E-state index contributed by atoms with van der Waals surface area (Å²) >= 11 is 13.8. The van der Waals surface area contributed by atoms with Crippen LogP contribution in [0.3, 0.4) is 0 Å². The molecule has 33 heavy (non-hydrogen) atoms. The summed E-state index contributed by atoms with van der Waals surface area (Å²) in [5, 5.41) is 13.5. The number of ether oxygens (including phenoxy) is 2. The molecule has 3 aromatic rings. The van der Waals surface area contributed by atoms with Crippen molar-refractivity contribution in [2.24, 2.45) is 0 Å². The molecule has 1 aliphatic heterocycles. The van der Waals surface area contributed by atoms with Crippen LogP contribution in [0, 0.1) is 0 Å². The highest BCUT2D eigenvalue weighted by molar-refractivity contribution is 7.10. The van der Waals surface area contributed by atoms with E-state index < -0.39 is 23.5 Å². The maximum absolute atomic E-state index is 13.2. The number of aliphatic hydroxyl groups excluding tert-OH is 1. The molecule has 4 rings (SSSR count). The molecule has 1 fully saturated rings. The highest BCUT2D eigenvalue weighted by atomic mass is 35.5. The Morgan fingerprint density at radius 3 is 2.48 bits per heavy atom. The van der Waals surface area contributed by atoms with Gasteiger partial charge in [-0.25, -0.2) is 0 Å². The third-order valence-electron chi connectivity index (χ3n) is 5.15. The molecular formula is C24H19Cl2NO5S. The molecule has 2 aromatic carbocycles. The van der Waals surface area contributed by atoms with Gasteiger partial charge in [-0.15, -0.1) is 11.3 Å². The molecule has 0 radical (unpaired) electrons. The molecule has 1 unspecified atom stereocenters. The van der Waals surface area contributed by atoms with Crippen LogP contribution in [0.25, 0.3) is 5.76 Å². The van der Waals surface area contributed by atoms with Crippen molar-refractivity contribution in [1.82, 2.24) is 0 Å². The number of nitrogens with zero attached hydrogens (tertiary/aromatic N) is 1. The number of aliphatic hydroxyl groups is 1. The molecule has 1 saturated heterocycles. The third-order valence-corrected chi connectivity index (χ3v) is 6.57. The first-order chi connectivity index (χ1) is 15.9. The summed E-state index contributed by atoms with van der Waals surface area (Å²) in [4.78, 5) is 28.5. The van der Waals surface area contributed by atoms with E-state index in [4.69, 9.17) is 32.7 Å². The molecule has 1 aliphatic rings. The predicted octanol–water partition coefficient (Wildman–Crippen LogP) is 6.09. The molecule has 1 amide bonds. The molecule has 1 N–H and O–H groups in total. The van der Waals surface area contributed by atoms with Gasteiger partial charge in [-0.1, -0.05) is 29.3 Å². The second kappa shape index (κ2) is 9.47. The minimum Gasteiger partial charge on any atom is -0.507 e. The Kier molecular flexibility index (Phi) is 6.65. The summed E-state index contributed by atoms with van der Waals surface area (Å²) in [5.41, 5.74) is 0.545. The van der Waals surface area contributed by atoms with Crippen LogP contribution < -0.4 is 14.4 Å². The van der Waals surface area contributed by atoms with Crippen molar-refractivity contribution in [3.05, 3.63) is 80.0 Å². The van der Waals surface area contributed by atoms with E-state index in [1.807, 2.05) is 18.4 Å². The van der Waals surface area contributed by atoms with Gasteiger partial charge in [-0.05, 0) is 54.8 Å². The summed E-state index contributed by atoms with van der Waals surface area (Å²) in [5.74, 6) is -1.20. The zero-order valence-corrected chi connectivity index (χ0v) is 20.0. The van der Waals surface area contributed by atoms with Crippen LogP contribution in [0.1, 0.15) is 23.4 Å². The van der Waals surface area contributed by atoms with Gasteiger partial charge in [0.1, 0.15) is 23.3 Å². The molecular weight excluding hydrogens is 485 g/mol. The quantitative estimate of drug-likeness (QED) is 0.250. The molecule has 2 heterocycles. The fourth-order valence-electron chi connectivity index (χ4n) is 3.77. The number of benzene rings is 2. The predicted molar refractivity (Wildman–Crippen MR) is 130 cm³/mol. The minimum atomic E-state index is -0.842. The molecule has 0 spiro atoms. The first-order valence-corrected chi connectivity index (χ1v) is 11.6. The molecule has 0 aliphatic carbocycles. The van der Waals surface area contributed by atoms with Gasteiger partial charge >= 0.3 is 0 Å². The Morgan fingerprint density at radius 1 is 1.15 bits per heavy atom. The van der Waals surface area contributed by atoms with Crippen LogP contribution in [-0.2, 0) is 9.59 Å². The van der Waals surface area contributed by atoms with E-state index in [1.54, 1.807) is 30.3 Å². The number of rotatable bonds is 6. The first-order valence-electron chi connectivity index (χ1n) is 9.98. The molecule has 1 aromatic heterocycles. The van der Waals surface area contributed by atoms with Gasteiger partial charge in [0, 0.05) is 15.6 Å². The first kappa shape index (κ1) is 23.2. The Morgan fingerprint density at radius 2 is 1.88 bits per heavy atom. The van der Waals surface area contributed by atoms with Crippen LogP contribution in [0.5, 0.6) is 11.5 Å². The van der Waals surface area contributed by atoms with E-state index in [1.165, 1.54) is 35.5 Å². The summed E-state index contributed by atoms with van der Waals surface area (Å²) in [6, 6.07) is 12.5. The number of thiophene rings is 1. The summed E-state index contributed by atoms with van der Waals surface area (Å²) in [7, 11) is 1.39. The van der Waals surface area contributed by atoms with Gasteiger partial charge in [-0.3, -0.25) is 14.5 Å². The summed E-state index contributed by atoms with van der Waals surface area (Å²) in [6.45, 7) is 2.38. The number of carbonyl (C=O) groups excluding carboxylic acids is 2. The number of halogens is 2. The van der Waals surface area contributed by atoms with E-state index in [0.29, 0.717) is 22.9 Å². The second-order valence-corrected chi connectivity index (χ2v) is 8.90. The molecule has 0 bridgehead atoms. The molecule has 6 nitrogen and oxygen atoms in total. The zero-order chi connectivity index (χ0) is 23.7. The maximum Gasteiger partial charge on any atom is 0.300 e. The van der Waals surface area contributed by atoms with Gasteiger partial charge in [0.25, 0.3) is 11.7 Å². The van der Waals surface area contributed by atoms with E-state index >= 15 is 0 Å². The average Bonchev–Trinajstić information content (AvgIpc) is 3.41. The van der Waals surface area contributed by atoms with Crippen LogP contribution in [0.15, 0.2) is 59.5 Å². The fourth-order valence-corrected chi connectivity index (χ4v) is 5.17. The number of hydrogen-bond acceptors (Lipinski definition) is 6. The van der Waals surface area contributed by atoms with Gasteiger partial charge in [-0.2, -0.15) is 0 Å². The molecule has 1 atom stereocenters. The fraction of sp³-hybridized carbons (Fsp3) is 0.167. The second-order valence-electron chi connectivity index (χ2n) is 7.08. The van der Waals surface area contributed by atoms with Crippen molar-refractivity contribution in [1.29, 1.82) is 0 Å². The van der Waals surface area contributed by atoms with Crippen molar-refractivity contribution < 1.29 is 24.2 Å². The lowest BCUT2D eigenvalue weighted by molar-refractivity contribution is -0.132. The zero-order valence-electron chi connectivity index (χ0n) is 17.7. The standard InChI is InChI=1S/C24H19Cl2NO5S/c1-3-32-15-8-6-14(7-9-15)27-20(18-5-4-10-33-18)19(22(29)24(27)30)21(28)16-11-13(25)12-17(26)23(16)31-2/h4-12,20,28H,3H2,1-2H3/b21-19-. The summed E-state index contributed by atoms with van der Waals surface area (Å²) in [6.07, 6.45) is 0. The van der Waals surface area contributed by atoms with Crippen molar-refractivity contribution in [2.45, 2.75) is 13.0 Å². The van der Waals surface area contributed by atoms with Gasteiger partial charge in [0.2, 0.25) is 0 Å². The van der Waals surface area contributed by atoms with E-state index in [0.717, 1.165) is 0 Å². The van der Waals surface area contributed by atoms with Crippen LogP contribution in [0.4, 0.5) is 5.69 Å². The van der Waals surface area contributed by atoms with Gasteiger partial charge < -0.3 is 14.6 Å². The number of hydrogen-bond donors (Lipinski definition) is 1. The number of carbonyl (C=O) groups is 2. The highest BCUT2D eigenvalue weighted by Gasteiger charge is 2.47. The van der Waals surface area contributed by atoms with E-state index in [2.05, 4.69) is 0 Å². The maximum atomic E-state index is 13.2. The van der Waals surface area contributed by atoms with Crippen LogP contribution in [-0.4, -0.2) is 30.5 Å². The normalized spacial score (nSPS) is 17.5. The van der Waals surface area contributed by atoms with E-state index in [9.17, 15) is 14.7 Å². The van der Waals surface area contributed by atoms with Crippen molar-refractivity contribution in [3.63, 3.8) is 0 Å². The van der Waals surface area contributed by atoms with Crippen molar-refractivity contribution >= 4 is 57.7 Å². The SMILES string of the molecule is CCOc1ccc(N2C(=O)C(=O)/C(=C(\O)c3cc(Cl)cc(Cl)c3OC)C2c2cccs2)cc1. The Bertz CT molecular complexity index is 1240. The Balaban J connectivity index is 1.92. The molecule has 0 saturated carbocycles.